The number of carbonyl (C=O) groups excluding carboxylic acids is 1. The van der Waals surface area contributed by atoms with Gasteiger partial charge in [-0.05, 0) is 17.2 Å². The lowest BCUT2D eigenvalue weighted by molar-refractivity contribution is -0.104. The first-order valence-electron chi connectivity index (χ1n) is 3.74. The Hall–Kier alpha value is -1.77. The average Bonchev–Trinajstić information content (AvgIpc) is 2.20. The summed E-state index contributed by atoms with van der Waals surface area (Å²) < 4.78 is 0. The number of halogens is 1. The van der Waals surface area contributed by atoms with E-state index in [-0.39, 0.29) is 0 Å². The normalized spacial score (nSPS) is 10.5. The second kappa shape index (κ2) is 5.07. The molecule has 0 heterocycles. The van der Waals surface area contributed by atoms with Crippen molar-refractivity contribution in [3.63, 3.8) is 0 Å². The van der Waals surface area contributed by atoms with Gasteiger partial charge in [0.05, 0.1) is 5.03 Å². The minimum absolute atomic E-state index is 0.354. The van der Waals surface area contributed by atoms with Gasteiger partial charge in [-0.2, -0.15) is 0 Å². The van der Waals surface area contributed by atoms with E-state index in [0.29, 0.717) is 22.6 Å². The van der Waals surface area contributed by atoms with Crippen molar-refractivity contribution in [2.75, 3.05) is 0 Å². The summed E-state index contributed by atoms with van der Waals surface area (Å²) in [6.45, 7) is 0. The quantitative estimate of drug-likeness (QED) is 0.246. The van der Waals surface area contributed by atoms with Crippen molar-refractivity contribution in [3.05, 3.63) is 46.3 Å². The number of hydrogen-bond acceptors (Lipinski definition) is 2. The van der Waals surface area contributed by atoms with Crippen molar-refractivity contribution in [3.8, 4) is 0 Å². The van der Waals surface area contributed by atoms with E-state index in [2.05, 4.69) is 10.0 Å². The molecule has 70 valence electrons. The average molecular weight is 208 g/mol. The van der Waals surface area contributed by atoms with Gasteiger partial charge >= 0.3 is 0 Å². The molecular formula is C9H6ClN3O. The van der Waals surface area contributed by atoms with Crippen molar-refractivity contribution in [1.29, 1.82) is 0 Å². The number of hydrogen-bond donors (Lipinski definition) is 0. The first-order valence-corrected chi connectivity index (χ1v) is 4.12. The van der Waals surface area contributed by atoms with E-state index in [1.807, 2.05) is 0 Å². The van der Waals surface area contributed by atoms with Crippen LogP contribution in [0.3, 0.4) is 0 Å². The Morgan fingerprint density at radius 2 is 2.07 bits per heavy atom. The van der Waals surface area contributed by atoms with Crippen LogP contribution in [0.2, 0.25) is 0 Å². The number of carbonyl (C=O) groups is 1. The number of azide groups is 1. The Kier molecular flexibility index (Phi) is 3.73. The molecule has 0 amide bonds. The maximum atomic E-state index is 10.1. The second-order valence-electron chi connectivity index (χ2n) is 2.39. The van der Waals surface area contributed by atoms with E-state index in [0.717, 1.165) is 0 Å². The molecule has 4 nitrogen and oxygen atoms in total. The third kappa shape index (κ3) is 2.62. The van der Waals surface area contributed by atoms with E-state index >= 15 is 0 Å². The summed E-state index contributed by atoms with van der Waals surface area (Å²) in [5.41, 5.74) is 9.37. The summed E-state index contributed by atoms with van der Waals surface area (Å²) in [7, 11) is 0. The highest BCUT2D eigenvalue weighted by Gasteiger charge is 1.96. The fourth-order valence-electron chi connectivity index (χ4n) is 0.895. The van der Waals surface area contributed by atoms with Crippen LogP contribution in [0, 0.1) is 0 Å². The number of nitrogens with zero attached hydrogens (tertiary/aromatic N) is 3. The number of rotatable bonds is 3. The molecule has 0 radical (unpaired) electrons. The zero-order chi connectivity index (χ0) is 10.4. The Morgan fingerprint density at radius 3 is 2.57 bits per heavy atom. The van der Waals surface area contributed by atoms with Crippen LogP contribution in [0.25, 0.3) is 15.5 Å². The SMILES string of the molecule is [N-]=[N+]=Nc1ccc(/C(Cl)=C/C=O)cc1. The van der Waals surface area contributed by atoms with Gasteiger partial charge in [-0.3, -0.25) is 4.79 Å². The summed E-state index contributed by atoms with van der Waals surface area (Å²) in [6, 6.07) is 6.59. The molecule has 0 saturated carbocycles. The fourth-order valence-corrected chi connectivity index (χ4v) is 1.07. The molecule has 1 aromatic carbocycles. The molecule has 0 aliphatic heterocycles. The highest BCUT2D eigenvalue weighted by molar-refractivity contribution is 6.49. The van der Waals surface area contributed by atoms with Crippen LogP contribution >= 0.6 is 11.6 Å². The highest BCUT2D eigenvalue weighted by atomic mass is 35.5. The van der Waals surface area contributed by atoms with Gasteiger partial charge in [-0.1, -0.05) is 41.0 Å². The van der Waals surface area contributed by atoms with Crippen molar-refractivity contribution < 1.29 is 4.79 Å². The van der Waals surface area contributed by atoms with Crippen LogP contribution in [0.15, 0.2) is 35.5 Å². The van der Waals surface area contributed by atoms with Gasteiger partial charge in [0.15, 0.2) is 0 Å². The van der Waals surface area contributed by atoms with E-state index in [1.165, 1.54) is 6.08 Å². The molecule has 0 bridgehead atoms. The predicted molar refractivity (Wildman–Crippen MR) is 55.1 cm³/mol. The van der Waals surface area contributed by atoms with Crippen LogP contribution < -0.4 is 0 Å². The van der Waals surface area contributed by atoms with E-state index in [1.54, 1.807) is 24.3 Å². The van der Waals surface area contributed by atoms with Gasteiger partial charge in [0.25, 0.3) is 0 Å². The Labute approximate surface area is 85.4 Å². The first kappa shape index (κ1) is 10.3. The molecule has 1 rings (SSSR count). The van der Waals surface area contributed by atoms with E-state index < -0.39 is 0 Å². The van der Waals surface area contributed by atoms with Gasteiger partial charge in [0, 0.05) is 10.6 Å². The summed E-state index contributed by atoms with van der Waals surface area (Å²) in [6.07, 6.45) is 1.87. The zero-order valence-corrected chi connectivity index (χ0v) is 7.85. The van der Waals surface area contributed by atoms with Gasteiger partial charge in [0.2, 0.25) is 0 Å². The molecular weight excluding hydrogens is 202 g/mol. The van der Waals surface area contributed by atoms with Crippen LogP contribution in [-0.4, -0.2) is 6.29 Å². The topological polar surface area (TPSA) is 65.8 Å². The third-order valence-corrected chi connectivity index (χ3v) is 1.86. The number of allylic oxidation sites excluding steroid dienone is 1. The monoisotopic (exact) mass is 207 g/mol. The van der Waals surface area contributed by atoms with E-state index in [4.69, 9.17) is 17.1 Å². The molecule has 0 N–H and O–H groups in total. The van der Waals surface area contributed by atoms with Crippen LogP contribution in [-0.2, 0) is 4.79 Å². The van der Waals surface area contributed by atoms with Gasteiger partial charge < -0.3 is 0 Å². The second-order valence-corrected chi connectivity index (χ2v) is 2.79. The van der Waals surface area contributed by atoms with Crippen molar-refractivity contribution in [2.45, 2.75) is 0 Å². The molecule has 5 heteroatoms. The Morgan fingerprint density at radius 1 is 1.43 bits per heavy atom. The lowest BCUT2D eigenvalue weighted by Crippen LogP contribution is -1.76. The summed E-state index contributed by atoms with van der Waals surface area (Å²) in [4.78, 5) is 12.8. The molecule has 0 saturated heterocycles. The number of benzene rings is 1. The zero-order valence-electron chi connectivity index (χ0n) is 7.09. The highest BCUT2D eigenvalue weighted by Crippen LogP contribution is 2.21. The third-order valence-electron chi connectivity index (χ3n) is 1.52. The van der Waals surface area contributed by atoms with Crippen LogP contribution in [0.5, 0.6) is 0 Å². The molecule has 0 aliphatic carbocycles. The van der Waals surface area contributed by atoms with Crippen molar-refractivity contribution in [2.24, 2.45) is 5.11 Å². The largest absolute Gasteiger partial charge is 0.299 e. The molecule has 0 aromatic heterocycles. The smallest absolute Gasteiger partial charge is 0.144 e. The summed E-state index contributed by atoms with van der Waals surface area (Å²) in [5, 5.41) is 3.76. The van der Waals surface area contributed by atoms with E-state index in [9.17, 15) is 4.79 Å². The molecule has 14 heavy (non-hydrogen) atoms. The maximum Gasteiger partial charge on any atom is 0.144 e. The molecule has 0 unspecified atom stereocenters. The number of aldehydes is 1. The minimum atomic E-state index is 0.354. The van der Waals surface area contributed by atoms with Crippen LogP contribution in [0.1, 0.15) is 5.56 Å². The Balaban J connectivity index is 2.99. The fraction of sp³-hybridized carbons (Fsp3) is 0. The molecule has 0 fully saturated rings. The Bertz CT molecular complexity index is 405. The summed E-state index contributed by atoms with van der Waals surface area (Å²) >= 11 is 5.76. The standard InChI is InChI=1S/C9H6ClN3O/c10-9(5-6-14)7-1-3-8(4-2-7)12-13-11/h1-6H/b9-5-. The first-order chi connectivity index (χ1) is 6.77. The molecule has 0 atom stereocenters. The van der Waals surface area contributed by atoms with Gasteiger partial charge in [0.1, 0.15) is 6.29 Å². The maximum absolute atomic E-state index is 10.1. The minimum Gasteiger partial charge on any atom is -0.299 e. The van der Waals surface area contributed by atoms with Crippen molar-refractivity contribution >= 4 is 28.6 Å². The van der Waals surface area contributed by atoms with Crippen molar-refractivity contribution in [1.82, 2.24) is 0 Å². The predicted octanol–water partition coefficient (Wildman–Crippen LogP) is 3.41. The van der Waals surface area contributed by atoms with Crippen LogP contribution in [0.4, 0.5) is 5.69 Å². The molecule has 0 aliphatic rings. The summed E-state index contributed by atoms with van der Waals surface area (Å²) in [5.74, 6) is 0. The van der Waals surface area contributed by atoms with Gasteiger partial charge in [-0.25, -0.2) is 0 Å². The molecule has 1 aromatic rings. The van der Waals surface area contributed by atoms with Gasteiger partial charge in [-0.15, -0.1) is 0 Å². The lowest BCUT2D eigenvalue weighted by atomic mass is 10.2. The molecule has 0 spiro atoms. The lowest BCUT2D eigenvalue weighted by Gasteiger charge is -1.97.